The lowest BCUT2D eigenvalue weighted by Gasteiger charge is -2.30. The Labute approximate surface area is 162 Å². The molecule has 0 atom stereocenters. The fourth-order valence-corrected chi connectivity index (χ4v) is 3.21. The third-order valence-electron chi connectivity index (χ3n) is 6.12. The number of hydrogen-bond donors (Lipinski definition) is 1. The molecule has 0 unspecified atom stereocenters. The van der Waals surface area contributed by atoms with Crippen LogP contribution < -0.4 is 0 Å². The Morgan fingerprint density at radius 3 is 2.15 bits per heavy atom. The molecule has 4 nitrogen and oxygen atoms in total. The lowest BCUT2D eigenvalue weighted by molar-refractivity contribution is 0.420. The molecule has 0 fully saturated rings. The summed E-state index contributed by atoms with van der Waals surface area (Å²) in [5, 5.41) is 20.4. The van der Waals surface area contributed by atoms with E-state index in [1.165, 1.54) is 5.56 Å². The van der Waals surface area contributed by atoms with Crippen molar-refractivity contribution in [1.29, 1.82) is 0 Å². The molecule has 4 heteroatoms. The van der Waals surface area contributed by atoms with E-state index in [9.17, 15) is 5.11 Å². The van der Waals surface area contributed by atoms with Gasteiger partial charge in [0.1, 0.15) is 22.5 Å². The molecular formula is C23H31N3O. The molecule has 0 aliphatic carbocycles. The van der Waals surface area contributed by atoms with Crippen LogP contribution in [0.3, 0.4) is 0 Å². The maximum atomic E-state index is 11.2. The van der Waals surface area contributed by atoms with Crippen LogP contribution in [0.5, 0.6) is 5.75 Å². The van der Waals surface area contributed by atoms with Gasteiger partial charge in [-0.15, -0.1) is 15.0 Å². The van der Waals surface area contributed by atoms with Gasteiger partial charge in [-0.3, -0.25) is 0 Å². The number of hydrogen-bond acceptors (Lipinski definition) is 3. The van der Waals surface area contributed by atoms with Crippen molar-refractivity contribution in [3.05, 3.63) is 47.0 Å². The van der Waals surface area contributed by atoms with Gasteiger partial charge >= 0.3 is 0 Å². The first-order valence-corrected chi connectivity index (χ1v) is 9.81. The van der Waals surface area contributed by atoms with Crippen molar-refractivity contribution in [3.8, 4) is 11.4 Å². The topological polar surface area (TPSA) is 50.9 Å². The molecule has 0 amide bonds. The number of benzene rings is 2. The first kappa shape index (κ1) is 19.4. The van der Waals surface area contributed by atoms with Gasteiger partial charge in [0, 0.05) is 5.56 Å². The lowest BCUT2D eigenvalue weighted by atomic mass is 9.76. The summed E-state index contributed by atoms with van der Waals surface area (Å²) in [6.07, 6.45) is 1.95. The van der Waals surface area contributed by atoms with Crippen molar-refractivity contribution >= 4 is 11.0 Å². The zero-order valence-corrected chi connectivity index (χ0v) is 17.6. The van der Waals surface area contributed by atoms with Crippen LogP contribution in [0.15, 0.2) is 30.3 Å². The molecule has 0 aliphatic rings. The molecule has 0 bridgehead atoms. The highest BCUT2D eigenvalue weighted by molar-refractivity contribution is 5.75. The predicted octanol–water partition coefficient (Wildman–Crippen LogP) is 5.81. The van der Waals surface area contributed by atoms with Crippen molar-refractivity contribution < 1.29 is 5.11 Å². The number of nitrogens with zero attached hydrogens (tertiary/aromatic N) is 3. The maximum absolute atomic E-state index is 11.2. The van der Waals surface area contributed by atoms with Gasteiger partial charge in [0.2, 0.25) is 0 Å². The Morgan fingerprint density at radius 2 is 1.52 bits per heavy atom. The fourth-order valence-electron chi connectivity index (χ4n) is 3.21. The molecule has 0 saturated carbocycles. The first-order chi connectivity index (χ1) is 12.6. The van der Waals surface area contributed by atoms with Gasteiger partial charge in [0.25, 0.3) is 0 Å². The van der Waals surface area contributed by atoms with Crippen molar-refractivity contribution in [2.45, 2.75) is 72.1 Å². The van der Waals surface area contributed by atoms with Crippen molar-refractivity contribution in [2.75, 3.05) is 0 Å². The van der Waals surface area contributed by atoms with Crippen LogP contribution in [0.1, 0.15) is 71.1 Å². The van der Waals surface area contributed by atoms with Crippen LogP contribution in [0.4, 0.5) is 0 Å². The number of fused-ring (bicyclic) bond motifs is 1. The van der Waals surface area contributed by atoms with E-state index in [0.717, 1.165) is 35.0 Å². The number of rotatable bonds is 5. The van der Waals surface area contributed by atoms with Gasteiger partial charge in [0.05, 0.1) is 0 Å². The van der Waals surface area contributed by atoms with Gasteiger partial charge in [-0.05, 0) is 59.9 Å². The highest BCUT2D eigenvalue weighted by Gasteiger charge is 2.29. The minimum atomic E-state index is -0.137. The van der Waals surface area contributed by atoms with Gasteiger partial charge in [-0.25, -0.2) is 0 Å². The largest absolute Gasteiger partial charge is 0.505 e. The molecule has 0 saturated heterocycles. The Morgan fingerprint density at radius 1 is 0.889 bits per heavy atom. The summed E-state index contributed by atoms with van der Waals surface area (Å²) in [6.45, 7) is 15.2. The van der Waals surface area contributed by atoms with E-state index in [0.29, 0.717) is 5.69 Å². The van der Waals surface area contributed by atoms with Crippen LogP contribution in [0, 0.1) is 6.92 Å². The van der Waals surface area contributed by atoms with Crippen molar-refractivity contribution in [2.24, 2.45) is 0 Å². The molecule has 0 aliphatic heterocycles. The van der Waals surface area contributed by atoms with E-state index in [1.807, 2.05) is 31.2 Å². The number of phenolic OH excluding ortho intramolecular Hbond substituents is 1. The van der Waals surface area contributed by atoms with E-state index in [-0.39, 0.29) is 16.6 Å². The molecular weight excluding hydrogens is 334 g/mol. The quantitative estimate of drug-likeness (QED) is 0.621. The van der Waals surface area contributed by atoms with E-state index in [4.69, 9.17) is 0 Å². The highest BCUT2D eigenvalue weighted by Crippen LogP contribution is 2.41. The molecule has 1 N–H and O–H groups in total. The second kappa shape index (κ2) is 6.66. The third-order valence-corrected chi connectivity index (χ3v) is 6.12. The van der Waals surface area contributed by atoms with Gasteiger partial charge in [0.15, 0.2) is 0 Å². The monoisotopic (exact) mass is 365 g/mol. The SMILES string of the molecule is CCC(C)(C)c1cc(-n2nc3ccc(C)cc3n2)c(O)c(C(C)(C)CC)c1. The minimum absolute atomic E-state index is 0.00415. The molecule has 2 aromatic carbocycles. The Kier molecular flexibility index (Phi) is 4.79. The lowest BCUT2D eigenvalue weighted by Crippen LogP contribution is -2.21. The van der Waals surface area contributed by atoms with Gasteiger partial charge < -0.3 is 5.11 Å². The summed E-state index contributed by atoms with van der Waals surface area (Å²) in [7, 11) is 0. The van der Waals surface area contributed by atoms with Crippen molar-refractivity contribution in [3.63, 3.8) is 0 Å². The van der Waals surface area contributed by atoms with Crippen LogP contribution >= 0.6 is 0 Å². The van der Waals surface area contributed by atoms with E-state index in [1.54, 1.807) is 4.80 Å². The maximum Gasteiger partial charge on any atom is 0.146 e. The van der Waals surface area contributed by atoms with Crippen LogP contribution in [0.25, 0.3) is 16.7 Å². The van der Waals surface area contributed by atoms with E-state index < -0.39 is 0 Å². The molecule has 3 aromatic rings. The second-order valence-corrected chi connectivity index (χ2v) is 8.85. The average molecular weight is 366 g/mol. The molecule has 144 valence electrons. The molecule has 0 radical (unpaired) electrons. The summed E-state index contributed by atoms with van der Waals surface area (Å²) in [5.41, 5.74) is 5.49. The first-order valence-electron chi connectivity index (χ1n) is 9.81. The Balaban J connectivity index is 2.29. The third kappa shape index (κ3) is 3.45. The Hall–Kier alpha value is -2.36. The van der Waals surface area contributed by atoms with Crippen molar-refractivity contribution in [1.82, 2.24) is 15.0 Å². The second-order valence-electron chi connectivity index (χ2n) is 8.85. The summed E-state index contributed by atoms with van der Waals surface area (Å²) in [5.74, 6) is 0.273. The van der Waals surface area contributed by atoms with Crippen LogP contribution in [0.2, 0.25) is 0 Å². The fraction of sp³-hybridized carbons (Fsp3) is 0.478. The highest BCUT2D eigenvalue weighted by atomic mass is 16.3. The van der Waals surface area contributed by atoms with E-state index >= 15 is 0 Å². The molecule has 0 spiro atoms. The predicted molar refractivity (Wildman–Crippen MR) is 112 cm³/mol. The van der Waals surface area contributed by atoms with Crippen LogP contribution in [-0.4, -0.2) is 20.1 Å². The average Bonchev–Trinajstić information content (AvgIpc) is 3.04. The zero-order chi connectivity index (χ0) is 20.0. The Bertz CT molecular complexity index is 983. The van der Waals surface area contributed by atoms with Gasteiger partial charge in [-0.1, -0.05) is 53.7 Å². The number of aromatic nitrogens is 3. The summed E-state index contributed by atoms with van der Waals surface area (Å²) < 4.78 is 0. The number of aryl methyl sites for hydroxylation is 1. The zero-order valence-electron chi connectivity index (χ0n) is 17.6. The minimum Gasteiger partial charge on any atom is -0.505 e. The summed E-state index contributed by atoms with van der Waals surface area (Å²) in [4.78, 5) is 1.59. The van der Waals surface area contributed by atoms with Crippen LogP contribution in [-0.2, 0) is 10.8 Å². The number of phenols is 1. The summed E-state index contributed by atoms with van der Waals surface area (Å²) in [6, 6.07) is 10.2. The van der Waals surface area contributed by atoms with E-state index in [2.05, 4.69) is 57.8 Å². The standard InChI is InChI=1S/C23H31N3O/c1-8-22(4,5)16-13-17(23(6,7)9-2)21(27)20(14-16)26-24-18-11-10-15(3)12-19(18)25-26/h10-14,27H,8-9H2,1-7H3. The molecule has 3 rings (SSSR count). The smallest absolute Gasteiger partial charge is 0.146 e. The molecule has 27 heavy (non-hydrogen) atoms. The molecule has 1 aromatic heterocycles. The van der Waals surface area contributed by atoms with Gasteiger partial charge in [-0.2, -0.15) is 0 Å². The number of aromatic hydroxyl groups is 1. The molecule has 1 heterocycles. The normalized spacial score (nSPS) is 12.7. The summed E-state index contributed by atoms with van der Waals surface area (Å²) >= 11 is 0.